The molecule has 0 spiro atoms. The molecule has 0 saturated heterocycles. The second-order valence-electron chi connectivity index (χ2n) is 5.93. The first-order valence-electron chi connectivity index (χ1n) is 7.59. The van der Waals surface area contributed by atoms with Gasteiger partial charge < -0.3 is 5.32 Å². The summed E-state index contributed by atoms with van der Waals surface area (Å²) in [6.45, 7) is 1.42. The molecule has 0 heterocycles. The molecule has 0 aliphatic rings. The SMILES string of the molecule is CC(=O)CC(=O)Nc1cc2ccc3cccc4ccc(c1)c2c34. The van der Waals surface area contributed by atoms with E-state index in [4.69, 9.17) is 0 Å². The van der Waals surface area contributed by atoms with Crippen molar-refractivity contribution >= 4 is 49.7 Å². The Hall–Kier alpha value is -2.94. The Bertz CT molecular complexity index is 1000. The summed E-state index contributed by atoms with van der Waals surface area (Å²) in [7, 11) is 0. The van der Waals surface area contributed by atoms with E-state index in [9.17, 15) is 9.59 Å². The molecule has 0 aromatic heterocycles. The van der Waals surface area contributed by atoms with Crippen molar-refractivity contribution in [3.63, 3.8) is 0 Å². The Morgan fingerprint density at radius 3 is 1.91 bits per heavy atom. The number of carbonyl (C=O) groups excluding carboxylic acids is 2. The molecular weight excluding hydrogens is 286 g/mol. The van der Waals surface area contributed by atoms with Crippen LogP contribution in [0.4, 0.5) is 5.69 Å². The van der Waals surface area contributed by atoms with Crippen LogP contribution in [0.5, 0.6) is 0 Å². The van der Waals surface area contributed by atoms with E-state index in [1.54, 1.807) is 0 Å². The van der Waals surface area contributed by atoms with Crippen LogP contribution in [0, 0.1) is 0 Å². The molecule has 1 amide bonds. The Morgan fingerprint density at radius 1 is 0.826 bits per heavy atom. The van der Waals surface area contributed by atoms with Gasteiger partial charge in [0.15, 0.2) is 0 Å². The average Bonchev–Trinajstić information content (AvgIpc) is 2.51. The van der Waals surface area contributed by atoms with Crippen molar-refractivity contribution in [3.05, 3.63) is 54.6 Å². The van der Waals surface area contributed by atoms with E-state index < -0.39 is 0 Å². The summed E-state index contributed by atoms with van der Waals surface area (Å²) in [4.78, 5) is 22.9. The van der Waals surface area contributed by atoms with Gasteiger partial charge in [-0.3, -0.25) is 9.59 Å². The zero-order valence-electron chi connectivity index (χ0n) is 12.7. The highest BCUT2D eigenvalue weighted by atomic mass is 16.2. The minimum absolute atomic E-state index is 0.0922. The van der Waals surface area contributed by atoms with E-state index in [1.807, 2.05) is 12.1 Å². The van der Waals surface area contributed by atoms with E-state index in [2.05, 4.69) is 47.8 Å². The fourth-order valence-corrected chi connectivity index (χ4v) is 3.26. The second-order valence-corrected chi connectivity index (χ2v) is 5.93. The number of ketones is 1. The quantitative estimate of drug-likeness (QED) is 0.447. The highest BCUT2D eigenvalue weighted by molar-refractivity contribution is 6.24. The predicted octanol–water partition coefficient (Wildman–Crippen LogP) is 4.50. The lowest BCUT2D eigenvalue weighted by Gasteiger charge is -2.13. The standard InChI is InChI=1S/C20H15NO2/c1-12(22)9-18(23)21-17-10-15-7-5-13-3-2-4-14-6-8-16(11-17)20(15)19(13)14/h2-8,10-11H,9H2,1H3,(H,21,23). The molecular formula is C20H15NO2. The van der Waals surface area contributed by atoms with Crippen LogP contribution < -0.4 is 5.32 Å². The molecule has 0 radical (unpaired) electrons. The number of hydrogen-bond acceptors (Lipinski definition) is 2. The average molecular weight is 301 g/mol. The fourth-order valence-electron chi connectivity index (χ4n) is 3.26. The van der Waals surface area contributed by atoms with Crippen LogP contribution >= 0.6 is 0 Å². The molecule has 4 rings (SSSR count). The van der Waals surface area contributed by atoms with Crippen LogP contribution in [-0.4, -0.2) is 11.7 Å². The lowest BCUT2D eigenvalue weighted by atomic mass is 9.94. The molecule has 0 atom stereocenters. The minimum atomic E-state index is -0.273. The van der Waals surface area contributed by atoms with Crippen molar-refractivity contribution in [3.8, 4) is 0 Å². The van der Waals surface area contributed by atoms with E-state index >= 15 is 0 Å². The van der Waals surface area contributed by atoms with E-state index in [1.165, 1.54) is 28.5 Å². The molecule has 3 heteroatoms. The van der Waals surface area contributed by atoms with Gasteiger partial charge in [-0.2, -0.15) is 0 Å². The summed E-state index contributed by atoms with van der Waals surface area (Å²) in [5.74, 6) is -0.412. The lowest BCUT2D eigenvalue weighted by molar-refractivity contribution is -0.124. The van der Waals surface area contributed by atoms with Crippen LogP contribution in [0.15, 0.2) is 54.6 Å². The third-order valence-corrected chi connectivity index (χ3v) is 4.16. The van der Waals surface area contributed by atoms with Crippen LogP contribution in [0.25, 0.3) is 32.3 Å². The van der Waals surface area contributed by atoms with Gasteiger partial charge in [0.1, 0.15) is 5.78 Å². The number of carbonyl (C=O) groups is 2. The van der Waals surface area contributed by atoms with Crippen molar-refractivity contribution in [2.45, 2.75) is 13.3 Å². The Labute approximate surface area is 133 Å². The molecule has 0 unspecified atom stereocenters. The first-order valence-corrected chi connectivity index (χ1v) is 7.59. The molecule has 4 aromatic rings. The van der Waals surface area contributed by atoms with Crippen molar-refractivity contribution < 1.29 is 9.59 Å². The summed E-state index contributed by atoms with van der Waals surface area (Å²) < 4.78 is 0. The largest absolute Gasteiger partial charge is 0.326 e. The number of nitrogens with one attached hydrogen (secondary N) is 1. The van der Waals surface area contributed by atoms with Crippen molar-refractivity contribution in [1.29, 1.82) is 0 Å². The van der Waals surface area contributed by atoms with Crippen LogP contribution in [0.2, 0.25) is 0 Å². The molecule has 0 bridgehead atoms. The fraction of sp³-hybridized carbons (Fsp3) is 0.100. The first-order chi connectivity index (χ1) is 11.1. The highest BCUT2D eigenvalue weighted by Gasteiger charge is 2.11. The monoisotopic (exact) mass is 301 g/mol. The van der Waals surface area contributed by atoms with E-state index in [0.717, 1.165) is 16.5 Å². The van der Waals surface area contributed by atoms with Crippen LogP contribution in [0.3, 0.4) is 0 Å². The van der Waals surface area contributed by atoms with Gasteiger partial charge in [0, 0.05) is 5.69 Å². The zero-order chi connectivity index (χ0) is 16.0. The summed E-state index contributed by atoms with van der Waals surface area (Å²) >= 11 is 0. The number of Topliss-reactive ketones (excluding diaryl/α,β-unsaturated/α-hetero) is 1. The molecule has 23 heavy (non-hydrogen) atoms. The first kappa shape index (κ1) is 13.7. The number of benzene rings is 4. The summed E-state index contributed by atoms with van der Waals surface area (Å²) in [5, 5.41) is 9.89. The van der Waals surface area contributed by atoms with Gasteiger partial charge in [0.25, 0.3) is 0 Å². The summed E-state index contributed by atoms with van der Waals surface area (Å²) in [6.07, 6.45) is -0.0922. The molecule has 0 fully saturated rings. The van der Waals surface area contributed by atoms with Crippen molar-refractivity contribution in [1.82, 2.24) is 0 Å². The molecule has 4 aromatic carbocycles. The molecule has 0 aliphatic heterocycles. The smallest absolute Gasteiger partial charge is 0.231 e. The van der Waals surface area contributed by atoms with E-state index in [0.29, 0.717) is 0 Å². The predicted molar refractivity (Wildman–Crippen MR) is 94.1 cm³/mol. The summed E-state index contributed by atoms with van der Waals surface area (Å²) in [6, 6.07) is 18.6. The van der Waals surface area contributed by atoms with Gasteiger partial charge in [-0.1, -0.05) is 42.5 Å². The third kappa shape index (κ3) is 2.30. The minimum Gasteiger partial charge on any atom is -0.326 e. The molecule has 1 N–H and O–H groups in total. The maximum absolute atomic E-state index is 11.8. The molecule has 0 aliphatic carbocycles. The number of amides is 1. The Morgan fingerprint density at radius 2 is 1.35 bits per heavy atom. The van der Waals surface area contributed by atoms with Gasteiger partial charge in [0.2, 0.25) is 5.91 Å². The number of anilines is 1. The van der Waals surface area contributed by atoms with Crippen LogP contribution in [0.1, 0.15) is 13.3 Å². The Balaban J connectivity index is 1.90. The lowest BCUT2D eigenvalue weighted by Crippen LogP contribution is -2.14. The maximum atomic E-state index is 11.8. The van der Waals surface area contributed by atoms with Gasteiger partial charge in [-0.05, 0) is 51.4 Å². The van der Waals surface area contributed by atoms with Crippen LogP contribution in [-0.2, 0) is 9.59 Å². The van der Waals surface area contributed by atoms with Gasteiger partial charge in [0.05, 0.1) is 6.42 Å². The van der Waals surface area contributed by atoms with E-state index in [-0.39, 0.29) is 18.1 Å². The molecule has 112 valence electrons. The highest BCUT2D eigenvalue weighted by Crippen LogP contribution is 2.36. The van der Waals surface area contributed by atoms with Gasteiger partial charge in [-0.25, -0.2) is 0 Å². The van der Waals surface area contributed by atoms with Crippen molar-refractivity contribution in [2.24, 2.45) is 0 Å². The topological polar surface area (TPSA) is 46.2 Å². The second kappa shape index (κ2) is 5.06. The number of hydrogen-bond donors (Lipinski definition) is 1. The van der Waals surface area contributed by atoms with Crippen molar-refractivity contribution in [2.75, 3.05) is 5.32 Å². The third-order valence-electron chi connectivity index (χ3n) is 4.16. The molecule has 0 saturated carbocycles. The summed E-state index contributed by atoms with van der Waals surface area (Å²) in [5.41, 5.74) is 0.724. The Kier molecular flexibility index (Phi) is 3.01. The zero-order valence-corrected chi connectivity index (χ0v) is 12.7. The normalized spacial score (nSPS) is 11.3. The van der Waals surface area contributed by atoms with Gasteiger partial charge in [-0.15, -0.1) is 0 Å². The molecule has 3 nitrogen and oxygen atoms in total. The van der Waals surface area contributed by atoms with Gasteiger partial charge >= 0.3 is 0 Å². The maximum Gasteiger partial charge on any atom is 0.231 e. The number of rotatable bonds is 3.